The van der Waals surface area contributed by atoms with Gasteiger partial charge in [-0.1, -0.05) is 32.1 Å². The van der Waals surface area contributed by atoms with Gasteiger partial charge < -0.3 is 19.9 Å². The van der Waals surface area contributed by atoms with Crippen LogP contribution in [0.3, 0.4) is 0 Å². The van der Waals surface area contributed by atoms with Crippen LogP contribution in [0.5, 0.6) is 0 Å². The molecule has 152 valence electrons. The van der Waals surface area contributed by atoms with Crippen molar-refractivity contribution in [3.05, 3.63) is 11.6 Å². The molecule has 1 fully saturated rings. The van der Waals surface area contributed by atoms with Crippen molar-refractivity contribution in [1.29, 1.82) is 0 Å². The fraction of sp³-hybridized carbons (Fsp3) is 0.850. The first-order chi connectivity index (χ1) is 13.4. The standard InChI is InChI=1S/C20H36N6O/c1-2-21-20(22-13-15-27-17-10-6-3-4-7-11-17)23-16-19-25-24-18-12-8-5-9-14-26(18)19/h17H,2-16H2,1H3,(H2,21,22,23). The summed E-state index contributed by atoms with van der Waals surface area (Å²) in [5.41, 5.74) is 0. The summed E-state index contributed by atoms with van der Waals surface area (Å²) in [7, 11) is 0. The van der Waals surface area contributed by atoms with Gasteiger partial charge in [-0.25, -0.2) is 4.99 Å². The number of nitrogens with one attached hydrogen (secondary N) is 2. The Kier molecular flexibility index (Phi) is 8.39. The van der Waals surface area contributed by atoms with E-state index in [-0.39, 0.29) is 0 Å². The average Bonchev–Trinajstić information content (AvgIpc) is 2.88. The minimum absolute atomic E-state index is 0.445. The summed E-state index contributed by atoms with van der Waals surface area (Å²) in [5, 5.41) is 15.4. The predicted molar refractivity (Wildman–Crippen MR) is 108 cm³/mol. The molecule has 2 aliphatic rings. The number of aliphatic imine (C=N–C) groups is 1. The van der Waals surface area contributed by atoms with Gasteiger partial charge in [-0.15, -0.1) is 10.2 Å². The quantitative estimate of drug-likeness (QED) is 0.331. The number of hydrogen-bond donors (Lipinski definition) is 2. The zero-order chi connectivity index (χ0) is 18.7. The van der Waals surface area contributed by atoms with Gasteiger partial charge in [0.15, 0.2) is 11.8 Å². The third kappa shape index (κ3) is 6.48. The number of hydrogen-bond acceptors (Lipinski definition) is 4. The van der Waals surface area contributed by atoms with Crippen LogP contribution in [0, 0.1) is 0 Å². The van der Waals surface area contributed by atoms with Gasteiger partial charge in [0.2, 0.25) is 0 Å². The van der Waals surface area contributed by atoms with E-state index in [4.69, 9.17) is 9.73 Å². The number of guanidine groups is 1. The molecule has 7 nitrogen and oxygen atoms in total. The fourth-order valence-corrected chi connectivity index (χ4v) is 3.96. The highest BCUT2D eigenvalue weighted by Crippen LogP contribution is 2.19. The molecule has 3 rings (SSSR count). The molecular weight excluding hydrogens is 340 g/mol. The molecular formula is C20H36N6O. The Balaban J connectivity index is 1.46. The number of aromatic nitrogens is 3. The highest BCUT2D eigenvalue weighted by Gasteiger charge is 2.15. The Hall–Kier alpha value is -1.63. The fourth-order valence-electron chi connectivity index (χ4n) is 3.96. The van der Waals surface area contributed by atoms with Crippen LogP contribution >= 0.6 is 0 Å². The molecule has 0 unspecified atom stereocenters. The minimum Gasteiger partial charge on any atom is -0.376 e. The molecule has 0 bridgehead atoms. The molecule has 2 N–H and O–H groups in total. The van der Waals surface area contributed by atoms with E-state index < -0.39 is 0 Å². The van der Waals surface area contributed by atoms with Gasteiger partial charge in [0, 0.05) is 26.1 Å². The van der Waals surface area contributed by atoms with E-state index in [1.807, 2.05) is 0 Å². The molecule has 0 atom stereocenters. The molecule has 0 spiro atoms. The lowest BCUT2D eigenvalue weighted by Crippen LogP contribution is -2.39. The number of aryl methyl sites for hydroxylation is 1. The first kappa shape index (κ1) is 20.1. The molecule has 1 aromatic rings. The molecule has 1 aromatic heterocycles. The van der Waals surface area contributed by atoms with Crippen LogP contribution in [0.2, 0.25) is 0 Å². The normalized spacial score (nSPS) is 19.2. The molecule has 1 saturated carbocycles. The van der Waals surface area contributed by atoms with E-state index >= 15 is 0 Å². The Morgan fingerprint density at radius 3 is 2.70 bits per heavy atom. The second-order valence-electron chi connectivity index (χ2n) is 7.60. The zero-order valence-corrected chi connectivity index (χ0v) is 16.9. The van der Waals surface area contributed by atoms with Crippen molar-refractivity contribution >= 4 is 5.96 Å². The van der Waals surface area contributed by atoms with Gasteiger partial charge in [-0.2, -0.15) is 0 Å². The Bertz CT molecular complexity index is 577. The Morgan fingerprint density at radius 2 is 1.89 bits per heavy atom. The molecule has 0 radical (unpaired) electrons. The topological polar surface area (TPSA) is 76.4 Å². The average molecular weight is 377 g/mol. The third-order valence-corrected chi connectivity index (χ3v) is 5.46. The van der Waals surface area contributed by atoms with E-state index in [1.165, 1.54) is 57.8 Å². The van der Waals surface area contributed by atoms with Crippen molar-refractivity contribution in [3.8, 4) is 0 Å². The highest BCUT2D eigenvalue weighted by molar-refractivity contribution is 5.79. The summed E-state index contributed by atoms with van der Waals surface area (Å²) in [6.45, 7) is 6.02. The van der Waals surface area contributed by atoms with Crippen molar-refractivity contribution in [1.82, 2.24) is 25.4 Å². The number of fused-ring (bicyclic) bond motifs is 1. The number of rotatable bonds is 7. The highest BCUT2D eigenvalue weighted by atomic mass is 16.5. The van der Waals surface area contributed by atoms with Crippen molar-refractivity contribution < 1.29 is 4.74 Å². The maximum absolute atomic E-state index is 6.06. The molecule has 0 amide bonds. The molecule has 27 heavy (non-hydrogen) atoms. The first-order valence-electron chi connectivity index (χ1n) is 10.9. The van der Waals surface area contributed by atoms with Gasteiger partial charge in [0.05, 0.1) is 12.7 Å². The molecule has 2 heterocycles. The lowest BCUT2D eigenvalue weighted by molar-refractivity contribution is 0.0468. The number of ether oxygens (including phenoxy) is 1. The smallest absolute Gasteiger partial charge is 0.191 e. The van der Waals surface area contributed by atoms with Gasteiger partial charge in [-0.3, -0.25) is 0 Å². The summed E-state index contributed by atoms with van der Waals surface area (Å²) in [6.07, 6.45) is 13.0. The molecule has 1 aliphatic heterocycles. The molecule has 0 aromatic carbocycles. The number of nitrogens with zero attached hydrogens (tertiary/aromatic N) is 4. The summed E-state index contributed by atoms with van der Waals surface area (Å²) in [6, 6.07) is 0. The Labute approximate surface area is 163 Å². The summed E-state index contributed by atoms with van der Waals surface area (Å²) in [5.74, 6) is 2.92. The lowest BCUT2D eigenvalue weighted by Gasteiger charge is -2.16. The Morgan fingerprint density at radius 1 is 1.07 bits per heavy atom. The first-order valence-corrected chi connectivity index (χ1v) is 10.9. The van der Waals surface area contributed by atoms with Crippen LogP contribution in [0.1, 0.15) is 76.4 Å². The summed E-state index contributed by atoms with van der Waals surface area (Å²) >= 11 is 0. The minimum atomic E-state index is 0.445. The lowest BCUT2D eigenvalue weighted by atomic mass is 10.1. The largest absolute Gasteiger partial charge is 0.376 e. The van der Waals surface area contributed by atoms with Crippen LogP contribution in [0.4, 0.5) is 0 Å². The van der Waals surface area contributed by atoms with Crippen molar-refractivity contribution in [2.24, 2.45) is 4.99 Å². The van der Waals surface area contributed by atoms with Crippen molar-refractivity contribution in [2.75, 3.05) is 19.7 Å². The van der Waals surface area contributed by atoms with E-state index in [9.17, 15) is 0 Å². The predicted octanol–water partition coefficient (Wildman–Crippen LogP) is 2.80. The molecule has 7 heteroatoms. The van der Waals surface area contributed by atoms with Crippen molar-refractivity contribution in [2.45, 2.75) is 90.3 Å². The summed E-state index contributed by atoms with van der Waals surface area (Å²) < 4.78 is 8.32. The maximum atomic E-state index is 6.06. The zero-order valence-electron chi connectivity index (χ0n) is 16.9. The summed E-state index contributed by atoms with van der Waals surface area (Å²) in [4.78, 5) is 4.71. The van der Waals surface area contributed by atoms with E-state index in [0.717, 1.165) is 50.3 Å². The van der Waals surface area contributed by atoms with Gasteiger partial charge in [0.25, 0.3) is 0 Å². The second kappa shape index (κ2) is 11.3. The van der Waals surface area contributed by atoms with Crippen LogP contribution in [-0.4, -0.2) is 46.5 Å². The van der Waals surface area contributed by atoms with Gasteiger partial charge >= 0.3 is 0 Å². The van der Waals surface area contributed by atoms with Crippen LogP contribution < -0.4 is 10.6 Å². The van der Waals surface area contributed by atoms with E-state index in [2.05, 4.69) is 32.3 Å². The van der Waals surface area contributed by atoms with Crippen molar-refractivity contribution in [3.63, 3.8) is 0 Å². The maximum Gasteiger partial charge on any atom is 0.191 e. The molecule has 0 saturated heterocycles. The van der Waals surface area contributed by atoms with Crippen LogP contribution in [-0.2, 0) is 24.2 Å². The van der Waals surface area contributed by atoms with E-state index in [1.54, 1.807) is 0 Å². The van der Waals surface area contributed by atoms with Gasteiger partial charge in [0.1, 0.15) is 12.4 Å². The molecule has 1 aliphatic carbocycles. The van der Waals surface area contributed by atoms with Crippen LogP contribution in [0.15, 0.2) is 4.99 Å². The third-order valence-electron chi connectivity index (χ3n) is 5.46. The van der Waals surface area contributed by atoms with Gasteiger partial charge in [-0.05, 0) is 32.6 Å². The monoisotopic (exact) mass is 376 g/mol. The van der Waals surface area contributed by atoms with E-state index in [0.29, 0.717) is 12.6 Å². The second-order valence-corrected chi connectivity index (χ2v) is 7.60. The SMILES string of the molecule is CCNC(=NCc1nnc2n1CCCCC2)NCCOC1CCCCCC1. The van der Waals surface area contributed by atoms with Crippen LogP contribution in [0.25, 0.3) is 0 Å².